The first-order valence-electron chi connectivity index (χ1n) is 9.49. The molecule has 4 rings (SSSR count). The third-order valence-corrected chi connectivity index (χ3v) is 5.91. The summed E-state index contributed by atoms with van der Waals surface area (Å²) in [5.74, 6) is -0.235. The lowest BCUT2D eigenvalue weighted by molar-refractivity contribution is 0.299. The predicted molar refractivity (Wildman–Crippen MR) is 111 cm³/mol. The van der Waals surface area contributed by atoms with E-state index in [1.54, 1.807) is 18.4 Å². The van der Waals surface area contributed by atoms with Crippen LogP contribution in [0.3, 0.4) is 0 Å². The summed E-state index contributed by atoms with van der Waals surface area (Å²) in [4.78, 5) is 0. The van der Waals surface area contributed by atoms with Crippen LogP contribution < -0.4 is 4.72 Å². The normalized spacial score (nSPS) is 20.0. The van der Waals surface area contributed by atoms with Crippen LogP contribution in [0.2, 0.25) is 0 Å². The van der Waals surface area contributed by atoms with Gasteiger partial charge in [-0.2, -0.15) is 5.10 Å². The Morgan fingerprint density at radius 1 is 1.18 bits per heavy atom. The lowest BCUT2D eigenvalue weighted by Gasteiger charge is -2.33. The molecule has 1 aliphatic rings. The fourth-order valence-corrected chi connectivity index (χ4v) is 4.78. The molecule has 6 heteroatoms. The highest BCUT2D eigenvalue weighted by Crippen LogP contribution is 2.30. The van der Waals surface area contributed by atoms with Crippen LogP contribution in [-0.2, 0) is 24.2 Å². The van der Waals surface area contributed by atoms with Crippen molar-refractivity contribution >= 4 is 11.4 Å². The van der Waals surface area contributed by atoms with E-state index in [1.165, 1.54) is 11.8 Å². The van der Waals surface area contributed by atoms with Crippen LogP contribution in [-0.4, -0.2) is 26.6 Å². The summed E-state index contributed by atoms with van der Waals surface area (Å²) in [5.41, 5.74) is 5.25. The molecule has 0 aliphatic carbocycles. The number of nitrogens with zero attached hydrogens (tertiary/aromatic N) is 2. The molecule has 3 aromatic rings. The highest BCUT2D eigenvalue weighted by atomic mass is 32.2. The number of halogens is 1. The van der Waals surface area contributed by atoms with Gasteiger partial charge < -0.3 is 4.55 Å². The van der Waals surface area contributed by atoms with Gasteiger partial charge in [-0.3, -0.25) is 4.68 Å². The van der Waals surface area contributed by atoms with Crippen LogP contribution in [0.25, 0.3) is 11.1 Å². The number of aromatic nitrogens is 2. The summed E-state index contributed by atoms with van der Waals surface area (Å²) in [6.45, 7) is 2.01. The van der Waals surface area contributed by atoms with Crippen LogP contribution in [0.15, 0.2) is 54.6 Å². The number of hydrogen-bond donors (Lipinski definition) is 1. The molecular formula is C22H24FN3OS. The largest absolute Gasteiger partial charge is 0.598 e. The van der Waals surface area contributed by atoms with Gasteiger partial charge in [0.1, 0.15) is 12.1 Å². The molecule has 3 unspecified atom stereocenters. The van der Waals surface area contributed by atoms with Gasteiger partial charge in [-0.1, -0.05) is 36.4 Å². The second-order valence-electron chi connectivity index (χ2n) is 7.42. The molecule has 0 fully saturated rings. The van der Waals surface area contributed by atoms with Crippen molar-refractivity contribution in [2.75, 3.05) is 6.26 Å². The Morgan fingerprint density at radius 2 is 1.93 bits per heavy atom. The Bertz CT molecular complexity index is 972. The third-order valence-electron chi connectivity index (χ3n) is 5.27. The van der Waals surface area contributed by atoms with E-state index in [0.29, 0.717) is 0 Å². The van der Waals surface area contributed by atoms with Gasteiger partial charge in [0.05, 0.1) is 17.8 Å². The molecule has 146 valence electrons. The SMILES string of the molecule is Cc1cc2n(n1)C(Cc1cccc(-c3cccc(F)c3)c1)C(N[S+](C)[O-])CC2. The summed E-state index contributed by atoms with van der Waals surface area (Å²) >= 11 is -1.08. The Balaban J connectivity index is 1.65. The molecule has 2 heterocycles. The monoisotopic (exact) mass is 397 g/mol. The molecular weight excluding hydrogens is 373 g/mol. The first-order chi connectivity index (χ1) is 13.5. The van der Waals surface area contributed by atoms with Crippen LogP contribution in [0, 0.1) is 12.7 Å². The van der Waals surface area contributed by atoms with Crippen LogP contribution >= 0.6 is 0 Å². The lowest BCUT2D eigenvalue weighted by atomic mass is 9.91. The lowest BCUT2D eigenvalue weighted by Crippen LogP contribution is -2.45. The van der Waals surface area contributed by atoms with Crippen molar-refractivity contribution in [3.05, 3.63) is 77.4 Å². The zero-order valence-electron chi connectivity index (χ0n) is 16.1. The molecule has 0 saturated heterocycles. The summed E-state index contributed by atoms with van der Waals surface area (Å²) < 4.78 is 30.8. The second-order valence-corrected chi connectivity index (χ2v) is 8.56. The maximum Gasteiger partial charge on any atom is 0.123 e. The van der Waals surface area contributed by atoms with Gasteiger partial charge in [0, 0.05) is 17.1 Å². The molecule has 1 aliphatic heterocycles. The third kappa shape index (κ3) is 4.14. The van der Waals surface area contributed by atoms with Gasteiger partial charge in [0.2, 0.25) is 0 Å². The number of benzene rings is 2. The van der Waals surface area contributed by atoms with Gasteiger partial charge in [-0.15, -0.1) is 4.72 Å². The predicted octanol–water partition coefficient (Wildman–Crippen LogP) is 3.98. The summed E-state index contributed by atoms with van der Waals surface area (Å²) in [6.07, 6.45) is 4.30. The van der Waals surface area contributed by atoms with E-state index < -0.39 is 11.4 Å². The maximum absolute atomic E-state index is 13.6. The van der Waals surface area contributed by atoms with Gasteiger partial charge >= 0.3 is 0 Å². The highest BCUT2D eigenvalue weighted by molar-refractivity contribution is 7.88. The molecule has 28 heavy (non-hydrogen) atoms. The first-order valence-corrected chi connectivity index (χ1v) is 11.0. The molecule has 0 bridgehead atoms. The molecule has 1 N–H and O–H groups in total. The minimum absolute atomic E-state index is 0.0871. The Kier molecular flexibility index (Phi) is 5.53. The zero-order chi connectivity index (χ0) is 19.7. The number of hydrogen-bond acceptors (Lipinski definition) is 3. The number of aryl methyl sites for hydroxylation is 2. The molecule has 0 spiro atoms. The van der Waals surface area contributed by atoms with Crippen molar-refractivity contribution in [1.82, 2.24) is 14.5 Å². The van der Waals surface area contributed by atoms with Gasteiger partial charge in [-0.05, 0) is 61.1 Å². The van der Waals surface area contributed by atoms with E-state index in [9.17, 15) is 8.94 Å². The van der Waals surface area contributed by atoms with E-state index in [4.69, 9.17) is 5.10 Å². The van der Waals surface area contributed by atoms with Gasteiger partial charge in [-0.25, -0.2) is 4.39 Å². The van der Waals surface area contributed by atoms with Crippen molar-refractivity contribution in [2.45, 2.75) is 38.3 Å². The topological polar surface area (TPSA) is 52.9 Å². The molecule has 0 radical (unpaired) electrons. The summed E-state index contributed by atoms with van der Waals surface area (Å²) in [7, 11) is 0. The minimum Gasteiger partial charge on any atom is -0.598 e. The van der Waals surface area contributed by atoms with E-state index in [-0.39, 0.29) is 17.9 Å². The fourth-order valence-electron chi connectivity index (χ4n) is 4.08. The van der Waals surface area contributed by atoms with E-state index >= 15 is 0 Å². The maximum atomic E-state index is 13.6. The first kappa shape index (κ1) is 19.2. The highest BCUT2D eigenvalue weighted by Gasteiger charge is 2.32. The average molecular weight is 398 g/mol. The minimum atomic E-state index is -1.08. The fraction of sp³-hybridized carbons (Fsp3) is 0.318. The zero-order valence-corrected chi connectivity index (χ0v) is 16.9. The van der Waals surface area contributed by atoms with E-state index in [2.05, 4.69) is 27.6 Å². The van der Waals surface area contributed by atoms with Crippen LogP contribution in [0.4, 0.5) is 4.39 Å². The summed E-state index contributed by atoms with van der Waals surface area (Å²) in [5, 5.41) is 4.71. The number of fused-ring (bicyclic) bond motifs is 1. The van der Waals surface area contributed by atoms with E-state index in [0.717, 1.165) is 41.6 Å². The molecule has 2 aromatic carbocycles. The smallest absolute Gasteiger partial charge is 0.123 e. The van der Waals surface area contributed by atoms with Crippen molar-refractivity contribution in [2.24, 2.45) is 0 Å². The Morgan fingerprint density at radius 3 is 2.68 bits per heavy atom. The van der Waals surface area contributed by atoms with Gasteiger partial charge in [0.15, 0.2) is 0 Å². The van der Waals surface area contributed by atoms with Crippen molar-refractivity contribution in [3.8, 4) is 11.1 Å². The Hall–Kier alpha value is -2.15. The van der Waals surface area contributed by atoms with Crippen LogP contribution in [0.5, 0.6) is 0 Å². The Labute approximate surface area is 168 Å². The van der Waals surface area contributed by atoms with Crippen molar-refractivity contribution in [3.63, 3.8) is 0 Å². The molecule has 4 nitrogen and oxygen atoms in total. The van der Waals surface area contributed by atoms with Crippen LogP contribution in [0.1, 0.15) is 29.4 Å². The van der Waals surface area contributed by atoms with Gasteiger partial charge in [0.25, 0.3) is 0 Å². The molecule has 3 atom stereocenters. The molecule has 1 aromatic heterocycles. The number of rotatable bonds is 5. The van der Waals surface area contributed by atoms with Crippen molar-refractivity contribution in [1.29, 1.82) is 0 Å². The van der Waals surface area contributed by atoms with E-state index in [1.807, 2.05) is 25.1 Å². The average Bonchev–Trinajstić information content (AvgIpc) is 3.04. The second kappa shape index (κ2) is 8.07. The quantitative estimate of drug-likeness (QED) is 0.663. The summed E-state index contributed by atoms with van der Waals surface area (Å²) in [6, 6.07) is 17.2. The molecule has 0 saturated carbocycles. The van der Waals surface area contributed by atoms with Crippen molar-refractivity contribution < 1.29 is 8.94 Å². The molecule has 0 amide bonds. The number of nitrogens with one attached hydrogen (secondary N) is 1. The standard InChI is InChI=1S/C22H24FN3OS/c1-15-11-20-9-10-21(25-28(2)27)22(26(20)24-15)13-16-5-3-6-17(12-16)18-7-4-8-19(23)14-18/h3-8,11-12,14,21-22,25H,9-10,13H2,1-2H3.